The standard InChI is InChI=1S/C13H13N3OS/c1-18-12-5-3-2-4-10(12)16-13(17)11-8-9(14)6-7-15-11/h2-8H,1H3,(H2,14,15)(H,16,17). The van der Waals surface area contributed by atoms with Crippen molar-refractivity contribution in [2.75, 3.05) is 17.3 Å². The van der Waals surface area contributed by atoms with Crippen LogP contribution in [0.2, 0.25) is 0 Å². The lowest BCUT2D eigenvalue weighted by atomic mass is 10.2. The fraction of sp³-hybridized carbons (Fsp3) is 0.0769. The number of hydrogen-bond donors (Lipinski definition) is 2. The van der Waals surface area contributed by atoms with E-state index in [0.29, 0.717) is 11.4 Å². The minimum absolute atomic E-state index is 0.260. The van der Waals surface area contributed by atoms with Crippen LogP contribution in [0.1, 0.15) is 10.5 Å². The lowest BCUT2D eigenvalue weighted by Gasteiger charge is -2.08. The Kier molecular flexibility index (Phi) is 3.84. The SMILES string of the molecule is CSc1ccccc1NC(=O)c1cc(N)ccn1. The quantitative estimate of drug-likeness (QED) is 0.831. The summed E-state index contributed by atoms with van der Waals surface area (Å²) < 4.78 is 0. The number of carbonyl (C=O) groups excluding carboxylic acids is 1. The molecule has 1 amide bonds. The van der Waals surface area contributed by atoms with Gasteiger partial charge in [-0.05, 0) is 30.5 Å². The third-order valence-corrected chi connectivity index (χ3v) is 3.17. The molecule has 92 valence electrons. The zero-order valence-corrected chi connectivity index (χ0v) is 10.7. The Labute approximate surface area is 110 Å². The molecule has 1 aromatic heterocycles. The fourth-order valence-electron chi connectivity index (χ4n) is 1.51. The van der Waals surface area contributed by atoms with Crippen molar-refractivity contribution in [1.82, 2.24) is 4.98 Å². The molecule has 5 heteroatoms. The second-order valence-corrected chi connectivity index (χ2v) is 4.48. The van der Waals surface area contributed by atoms with Gasteiger partial charge in [0.15, 0.2) is 0 Å². The van der Waals surface area contributed by atoms with Crippen LogP contribution < -0.4 is 11.1 Å². The summed E-state index contributed by atoms with van der Waals surface area (Å²) in [6.07, 6.45) is 3.48. The Bertz CT molecular complexity index is 572. The van der Waals surface area contributed by atoms with E-state index in [2.05, 4.69) is 10.3 Å². The van der Waals surface area contributed by atoms with E-state index in [1.54, 1.807) is 23.9 Å². The summed E-state index contributed by atoms with van der Waals surface area (Å²) in [5.41, 5.74) is 7.23. The Hall–Kier alpha value is -2.01. The number of rotatable bonds is 3. The maximum absolute atomic E-state index is 12.0. The molecule has 18 heavy (non-hydrogen) atoms. The van der Waals surface area contributed by atoms with E-state index in [9.17, 15) is 4.79 Å². The summed E-state index contributed by atoms with van der Waals surface area (Å²) >= 11 is 1.58. The number of nitrogens with one attached hydrogen (secondary N) is 1. The topological polar surface area (TPSA) is 68.0 Å². The molecule has 2 rings (SSSR count). The van der Waals surface area contributed by atoms with Crippen molar-refractivity contribution in [3.63, 3.8) is 0 Å². The van der Waals surface area contributed by atoms with Crippen LogP contribution in [0.5, 0.6) is 0 Å². The van der Waals surface area contributed by atoms with Crippen molar-refractivity contribution in [2.45, 2.75) is 4.90 Å². The number of nitrogens with zero attached hydrogens (tertiary/aromatic N) is 1. The Morgan fingerprint density at radius 1 is 1.33 bits per heavy atom. The number of hydrogen-bond acceptors (Lipinski definition) is 4. The van der Waals surface area contributed by atoms with Gasteiger partial charge in [-0.3, -0.25) is 9.78 Å². The van der Waals surface area contributed by atoms with Crippen molar-refractivity contribution in [3.05, 3.63) is 48.3 Å². The summed E-state index contributed by atoms with van der Waals surface area (Å²) in [6.45, 7) is 0. The van der Waals surface area contributed by atoms with Crippen LogP contribution in [0.3, 0.4) is 0 Å². The molecule has 0 unspecified atom stereocenters. The molecule has 0 radical (unpaired) electrons. The first-order valence-corrected chi connectivity index (χ1v) is 6.59. The predicted octanol–water partition coefficient (Wildman–Crippen LogP) is 2.64. The van der Waals surface area contributed by atoms with Gasteiger partial charge < -0.3 is 11.1 Å². The molecular formula is C13H13N3OS. The maximum Gasteiger partial charge on any atom is 0.274 e. The monoisotopic (exact) mass is 259 g/mol. The van der Waals surface area contributed by atoms with Gasteiger partial charge in [0, 0.05) is 16.8 Å². The first-order valence-electron chi connectivity index (χ1n) is 5.36. The molecule has 0 spiro atoms. The number of thioether (sulfide) groups is 1. The largest absolute Gasteiger partial charge is 0.399 e. The highest BCUT2D eigenvalue weighted by atomic mass is 32.2. The van der Waals surface area contributed by atoms with Crippen LogP contribution in [0.4, 0.5) is 11.4 Å². The fourth-order valence-corrected chi connectivity index (χ4v) is 2.06. The number of carbonyl (C=O) groups is 1. The predicted molar refractivity (Wildman–Crippen MR) is 74.8 cm³/mol. The van der Waals surface area contributed by atoms with Crippen molar-refractivity contribution < 1.29 is 4.79 Å². The number of para-hydroxylation sites is 1. The van der Waals surface area contributed by atoms with Crippen LogP contribution in [0.25, 0.3) is 0 Å². The van der Waals surface area contributed by atoms with E-state index in [0.717, 1.165) is 10.6 Å². The first kappa shape index (κ1) is 12.4. The highest BCUT2D eigenvalue weighted by molar-refractivity contribution is 7.98. The first-order chi connectivity index (χ1) is 8.70. The summed E-state index contributed by atoms with van der Waals surface area (Å²) in [6, 6.07) is 10.8. The van der Waals surface area contributed by atoms with E-state index in [1.165, 1.54) is 6.20 Å². The van der Waals surface area contributed by atoms with Crippen molar-refractivity contribution in [2.24, 2.45) is 0 Å². The van der Waals surface area contributed by atoms with Crippen molar-refractivity contribution in [1.29, 1.82) is 0 Å². The number of nitrogen functional groups attached to an aromatic ring is 1. The van der Waals surface area contributed by atoms with Crippen LogP contribution >= 0.6 is 11.8 Å². The lowest BCUT2D eigenvalue weighted by Crippen LogP contribution is -2.14. The molecule has 0 aliphatic rings. The molecule has 0 saturated heterocycles. The number of benzene rings is 1. The van der Waals surface area contributed by atoms with Gasteiger partial charge >= 0.3 is 0 Å². The van der Waals surface area contributed by atoms with Crippen LogP contribution in [-0.2, 0) is 0 Å². The third kappa shape index (κ3) is 2.81. The lowest BCUT2D eigenvalue weighted by molar-refractivity contribution is 0.102. The van der Waals surface area contributed by atoms with E-state index in [4.69, 9.17) is 5.73 Å². The van der Waals surface area contributed by atoms with E-state index < -0.39 is 0 Å². The average Bonchev–Trinajstić information content (AvgIpc) is 2.39. The zero-order chi connectivity index (χ0) is 13.0. The Balaban J connectivity index is 2.21. The summed E-state index contributed by atoms with van der Waals surface area (Å²) in [4.78, 5) is 17.0. The Morgan fingerprint density at radius 3 is 2.83 bits per heavy atom. The van der Waals surface area contributed by atoms with Gasteiger partial charge in [-0.1, -0.05) is 12.1 Å². The van der Waals surface area contributed by atoms with Gasteiger partial charge in [-0.25, -0.2) is 0 Å². The summed E-state index contributed by atoms with van der Waals surface area (Å²) in [5.74, 6) is -0.260. The molecule has 0 fully saturated rings. The van der Waals surface area contributed by atoms with Gasteiger partial charge in [0.2, 0.25) is 0 Å². The number of anilines is 2. The van der Waals surface area contributed by atoms with Gasteiger partial charge in [0.25, 0.3) is 5.91 Å². The maximum atomic E-state index is 12.0. The molecule has 3 N–H and O–H groups in total. The van der Waals surface area contributed by atoms with Crippen molar-refractivity contribution >= 4 is 29.0 Å². The molecule has 0 bridgehead atoms. The van der Waals surface area contributed by atoms with Gasteiger partial charge in [0.1, 0.15) is 5.69 Å². The minimum Gasteiger partial charge on any atom is -0.399 e. The van der Waals surface area contributed by atoms with Gasteiger partial charge in [-0.2, -0.15) is 0 Å². The number of nitrogens with two attached hydrogens (primary N) is 1. The normalized spacial score (nSPS) is 10.1. The molecule has 4 nitrogen and oxygen atoms in total. The van der Waals surface area contributed by atoms with E-state index in [-0.39, 0.29) is 5.91 Å². The summed E-state index contributed by atoms with van der Waals surface area (Å²) in [7, 11) is 0. The Morgan fingerprint density at radius 2 is 2.11 bits per heavy atom. The smallest absolute Gasteiger partial charge is 0.274 e. The molecule has 1 heterocycles. The second kappa shape index (κ2) is 5.55. The van der Waals surface area contributed by atoms with Crippen LogP contribution in [0.15, 0.2) is 47.5 Å². The van der Waals surface area contributed by atoms with Gasteiger partial charge in [-0.15, -0.1) is 11.8 Å². The molecule has 1 aromatic carbocycles. The highest BCUT2D eigenvalue weighted by Gasteiger charge is 2.09. The van der Waals surface area contributed by atoms with Crippen LogP contribution in [0, 0.1) is 0 Å². The third-order valence-electron chi connectivity index (χ3n) is 2.37. The number of amides is 1. The van der Waals surface area contributed by atoms with Crippen molar-refractivity contribution in [3.8, 4) is 0 Å². The minimum atomic E-state index is -0.260. The number of pyridine rings is 1. The van der Waals surface area contributed by atoms with Crippen LogP contribution in [-0.4, -0.2) is 17.1 Å². The molecule has 0 aliphatic carbocycles. The second-order valence-electron chi connectivity index (χ2n) is 3.63. The zero-order valence-electron chi connectivity index (χ0n) is 9.88. The highest BCUT2D eigenvalue weighted by Crippen LogP contribution is 2.24. The van der Waals surface area contributed by atoms with Gasteiger partial charge in [0.05, 0.1) is 5.69 Å². The molecule has 0 aliphatic heterocycles. The summed E-state index contributed by atoms with van der Waals surface area (Å²) in [5, 5.41) is 2.83. The number of aromatic nitrogens is 1. The van der Waals surface area contributed by atoms with E-state index in [1.807, 2.05) is 30.5 Å². The molecular weight excluding hydrogens is 246 g/mol. The molecule has 0 atom stereocenters. The molecule has 0 saturated carbocycles. The average molecular weight is 259 g/mol. The molecule has 2 aromatic rings. The van der Waals surface area contributed by atoms with E-state index >= 15 is 0 Å².